The van der Waals surface area contributed by atoms with E-state index in [1.807, 2.05) is 42.5 Å². The number of thiol groups is 1. The van der Waals surface area contributed by atoms with Gasteiger partial charge in [0.2, 0.25) is 0 Å². The van der Waals surface area contributed by atoms with Crippen LogP contribution in [0.25, 0.3) is 10.8 Å². The molecule has 4 heteroatoms. The quantitative estimate of drug-likeness (QED) is 0.638. The fourth-order valence-corrected chi connectivity index (χ4v) is 2.62. The summed E-state index contributed by atoms with van der Waals surface area (Å²) in [5.41, 5.74) is 1.18. The fourth-order valence-electron chi connectivity index (χ4n) is 2.21. The van der Waals surface area contributed by atoms with E-state index in [4.69, 9.17) is 11.6 Å². The highest BCUT2D eigenvalue weighted by Crippen LogP contribution is 2.25. The molecule has 0 saturated heterocycles. The Morgan fingerprint density at radius 1 is 1.00 bits per heavy atom. The number of nitrogens with one attached hydrogen (secondary N) is 1. The standard InChI is InChI=1S/C17H12ClNOS/c18-15-9-8-12(21)10-14(15)17(20)19-16-7-3-5-11-4-1-2-6-13(11)16/h1-10,21H,(H,19,20). The molecule has 0 heterocycles. The Hall–Kier alpha value is -1.97. The first-order valence-electron chi connectivity index (χ1n) is 6.43. The molecule has 0 saturated carbocycles. The van der Waals surface area contributed by atoms with Crippen molar-refractivity contribution >= 4 is 46.6 Å². The lowest BCUT2D eigenvalue weighted by molar-refractivity contribution is 0.102. The molecule has 0 unspecified atom stereocenters. The molecule has 3 aromatic rings. The number of fused-ring (bicyclic) bond motifs is 1. The Labute approximate surface area is 133 Å². The molecule has 0 atom stereocenters. The van der Waals surface area contributed by atoms with E-state index in [1.165, 1.54) is 0 Å². The van der Waals surface area contributed by atoms with E-state index in [1.54, 1.807) is 18.2 Å². The molecular weight excluding hydrogens is 302 g/mol. The zero-order chi connectivity index (χ0) is 14.8. The average molecular weight is 314 g/mol. The molecule has 3 rings (SSSR count). The second-order valence-electron chi connectivity index (χ2n) is 4.64. The highest BCUT2D eigenvalue weighted by molar-refractivity contribution is 7.80. The lowest BCUT2D eigenvalue weighted by Crippen LogP contribution is -2.12. The molecule has 21 heavy (non-hydrogen) atoms. The lowest BCUT2D eigenvalue weighted by atomic mass is 10.1. The monoisotopic (exact) mass is 313 g/mol. The van der Waals surface area contributed by atoms with E-state index >= 15 is 0 Å². The number of carbonyl (C=O) groups excluding carboxylic acids is 1. The second kappa shape index (κ2) is 5.80. The van der Waals surface area contributed by atoms with Gasteiger partial charge in [-0.15, -0.1) is 12.6 Å². The smallest absolute Gasteiger partial charge is 0.257 e. The number of rotatable bonds is 2. The molecule has 1 N–H and O–H groups in total. The minimum Gasteiger partial charge on any atom is -0.321 e. The summed E-state index contributed by atoms with van der Waals surface area (Å²) in [4.78, 5) is 13.1. The molecule has 0 spiro atoms. The van der Waals surface area contributed by atoms with Crippen molar-refractivity contribution in [2.24, 2.45) is 0 Å². The third-order valence-corrected chi connectivity index (χ3v) is 3.84. The molecule has 0 fully saturated rings. The summed E-state index contributed by atoms with van der Waals surface area (Å²) < 4.78 is 0. The Morgan fingerprint density at radius 3 is 2.62 bits per heavy atom. The van der Waals surface area contributed by atoms with Crippen LogP contribution in [-0.2, 0) is 0 Å². The highest BCUT2D eigenvalue weighted by atomic mass is 35.5. The first kappa shape index (κ1) is 14.0. The number of anilines is 1. The van der Waals surface area contributed by atoms with Crippen molar-refractivity contribution in [3.63, 3.8) is 0 Å². The zero-order valence-corrected chi connectivity index (χ0v) is 12.7. The molecule has 0 aliphatic rings. The van der Waals surface area contributed by atoms with Gasteiger partial charge in [0.05, 0.1) is 10.6 Å². The maximum absolute atomic E-state index is 12.4. The van der Waals surface area contributed by atoms with Gasteiger partial charge in [-0.25, -0.2) is 0 Å². The lowest BCUT2D eigenvalue weighted by Gasteiger charge is -2.10. The van der Waals surface area contributed by atoms with Crippen LogP contribution in [0.4, 0.5) is 5.69 Å². The number of hydrogen-bond acceptors (Lipinski definition) is 2. The minimum atomic E-state index is -0.243. The molecule has 0 radical (unpaired) electrons. The minimum absolute atomic E-state index is 0.243. The molecule has 0 aliphatic heterocycles. The number of hydrogen-bond donors (Lipinski definition) is 2. The topological polar surface area (TPSA) is 29.1 Å². The van der Waals surface area contributed by atoms with Crippen molar-refractivity contribution in [3.8, 4) is 0 Å². The van der Waals surface area contributed by atoms with Gasteiger partial charge in [-0.05, 0) is 29.7 Å². The van der Waals surface area contributed by atoms with Gasteiger partial charge in [0.15, 0.2) is 0 Å². The largest absolute Gasteiger partial charge is 0.321 e. The van der Waals surface area contributed by atoms with E-state index < -0.39 is 0 Å². The SMILES string of the molecule is O=C(Nc1cccc2ccccc12)c1cc(S)ccc1Cl. The first-order valence-corrected chi connectivity index (χ1v) is 7.25. The van der Waals surface area contributed by atoms with Gasteiger partial charge in [0, 0.05) is 16.0 Å². The highest BCUT2D eigenvalue weighted by Gasteiger charge is 2.12. The van der Waals surface area contributed by atoms with Crippen molar-refractivity contribution in [2.45, 2.75) is 4.90 Å². The van der Waals surface area contributed by atoms with Gasteiger partial charge >= 0.3 is 0 Å². The second-order valence-corrected chi connectivity index (χ2v) is 5.57. The Balaban J connectivity index is 1.99. The van der Waals surface area contributed by atoms with Crippen LogP contribution in [0.15, 0.2) is 65.6 Å². The Morgan fingerprint density at radius 2 is 1.76 bits per heavy atom. The van der Waals surface area contributed by atoms with E-state index in [0.29, 0.717) is 15.5 Å². The predicted octanol–water partition coefficient (Wildman–Crippen LogP) is 5.03. The van der Waals surface area contributed by atoms with Crippen LogP contribution < -0.4 is 5.32 Å². The third kappa shape index (κ3) is 2.89. The maximum atomic E-state index is 12.4. The van der Waals surface area contributed by atoms with Gasteiger partial charge < -0.3 is 5.32 Å². The van der Waals surface area contributed by atoms with Gasteiger partial charge in [-0.3, -0.25) is 4.79 Å². The van der Waals surface area contributed by atoms with Crippen molar-refractivity contribution in [1.29, 1.82) is 0 Å². The predicted molar refractivity (Wildman–Crippen MR) is 90.6 cm³/mol. The normalized spacial score (nSPS) is 10.6. The summed E-state index contributed by atoms with van der Waals surface area (Å²) in [6.45, 7) is 0. The van der Waals surface area contributed by atoms with Crippen LogP contribution in [0.2, 0.25) is 5.02 Å². The summed E-state index contributed by atoms with van der Waals surface area (Å²) in [5, 5.41) is 5.39. The van der Waals surface area contributed by atoms with Crippen molar-refractivity contribution in [1.82, 2.24) is 0 Å². The van der Waals surface area contributed by atoms with E-state index in [0.717, 1.165) is 16.5 Å². The van der Waals surface area contributed by atoms with Crippen LogP contribution in [0.1, 0.15) is 10.4 Å². The first-order chi connectivity index (χ1) is 10.1. The third-order valence-electron chi connectivity index (χ3n) is 3.23. The number of halogens is 1. The number of amides is 1. The van der Waals surface area contributed by atoms with Crippen LogP contribution in [0.3, 0.4) is 0 Å². The van der Waals surface area contributed by atoms with E-state index in [-0.39, 0.29) is 5.91 Å². The molecule has 0 aromatic heterocycles. The summed E-state index contributed by atoms with van der Waals surface area (Å²) in [6.07, 6.45) is 0. The molecule has 0 aliphatic carbocycles. The number of carbonyl (C=O) groups is 1. The average Bonchev–Trinajstić information content (AvgIpc) is 2.50. The van der Waals surface area contributed by atoms with Gasteiger partial charge in [0.1, 0.15) is 0 Å². The maximum Gasteiger partial charge on any atom is 0.257 e. The molecule has 1 amide bonds. The molecule has 3 aromatic carbocycles. The van der Waals surface area contributed by atoms with Gasteiger partial charge in [-0.1, -0.05) is 48.0 Å². The van der Waals surface area contributed by atoms with Crippen LogP contribution in [0, 0.1) is 0 Å². The molecule has 104 valence electrons. The molecule has 2 nitrogen and oxygen atoms in total. The zero-order valence-electron chi connectivity index (χ0n) is 11.0. The fraction of sp³-hybridized carbons (Fsp3) is 0. The molecular formula is C17H12ClNOS. The van der Waals surface area contributed by atoms with Crippen LogP contribution in [0.5, 0.6) is 0 Å². The molecule has 0 bridgehead atoms. The Kier molecular flexibility index (Phi) is 3.86. The van der Waals surface area contributed by atoms with Gasteiger partial charge in [0.25, 0.3) is 5.91 Å². The van der Waals surface area contributed by atoms with E-state index in [2.05, 4.69) is 17.9 Å². The summed E-state index contributed by atoms with van der Waals surface area (Å²) in [6, 6.07) is 18.8. The summed E-state index contributed by atoms with van der Waals surface area (Å²) in [7, 11) is 0. The van der Waals surface area contributed by atoms with E-state index in [9.17, 15) is 4.79 Å². The number of benzene rings is 3. The van der Waals surface area contributed by atoms with Crippen molar-refractivity contribution < 1.29 is 4.79 Å². The summed E-state index contributed by atoms with van der Waals surface area (Å²) in [5.74, 6) is -0.243. The summed E-state index contributed by atoms with van der Waals surface area (Å²) >= 11 is 10.3. The van der Waals surface area contributed by atoms with Gasteiger partial charge in [-0.2, -0.15) is 0 Å². The van der Waals surface area contributed by atoms with Crippen molar-refractivity contribution in [3.05, 3.63) is 71.2 Å². The van der Waals surface area contributed by atoms with Crippen LogP contribution >= 0.6 is 24.2 Å². The van der Waals surface area contributed by atoms with Crippen LogP contribution in [-0.4, -0.2) is 5.91 Å². The van der Waals surface area contributed by atoms with Crippen molar-refractivity contribution in [2.75, 3.05) is 5.32 Å². The Bertz CT molecular complexity index is 827.